The van der Waals surface area contributed by atoms with Gasteiger partial charge in [-0.25, -0.2) is 9.82 Å². The number of para-hydroxylation sites is 2. The summed E-state index contributed by atoms with van der Waals surface area (Å²) in [5.74, 6) is -1.56. The molecule has 0 saturated carbocycles. The fourth-order valence-electron chi connectivity index (χ4n) is 2.50. The lowest BCUT2D eigenvalue weighted by Crippen LogP contribution is -2.20. The molecule has 0 radical (unpaired) electrons. The van der Waals surface area contributed by atoms with Crippen molar-refractivity contribution in [3.8, 4) is 11.5 Å². The molecule has 0 aliphatic carbocycles. The Balaban J connectivity index is 1.54. The van der Waals surface area contributed by atoms with E-state index in [0.29, 0.717) is 5.56 Å². The highest BCUT2D eigenvalue weighted by Gasteiger charge is 2.10. The number of halogens is 2. The second-order valence-electron chi connectivity index (χ2n) is 6.22. The van der Waals surface area contributed by atoms with Gasteiger partial charge in [-0.2, -0.15) is 5.10 Å². The van der Waals surface area contributed by atoms with Gasteiger partial charge in [-0.15, -0.1) is 0 Å². The number of rotatable bonds is 7. The van der Waals surface area contributed by atoms with Crippen LogP contribution in [0.25, 0.3) is 0 Å². The van der Waals surface area contributed by atoms with Crippen LogP contribution in [0.1, 0.15) is 15.9 Å². The number of phenols is 1. The van der Waals surface area contributed by atoms with Gasteiger partial charge in [-0.1, -0.05) is 35.9 Å². The zero-order valence-corrected chi connectivity index (χ0v) is 16.8. The number of hydrogen-bond donors (Lipinski definition) is 3. The number of carbonyl (C=O) groups is 2. The standard InChI is InChI=1S/C22H17ClFN3O4/c23-16-11-14(12-25-27-22(30)15-5-1-4-8-19(15)28)9-10-20(16)31-13-21(29)26-18-7-3-2-6-17(18)24/h1-12,28H,13H2,(H,26,29)(H,27,30)/b25-12+. The van der Waals surface area contributed by atoms with Crippen molar-refractivity contribution in [3.05, 3.63) is 88.7 Å². The van der Waals surface area contributed by atoms with Gasteiger partial charge in [0.2, 0.25) is 0 Å². The number of phenolic OH excluding ortho intramolecular Hbond substituents is 1. The number of hydrogen-bond acceptors (Lipinski definition) is 5. The predicted octanol–water partition coefficient (Wildman–Crippen LogP) is 3.97. The van der Waals surface area contributed by atoms with Crippen molar-refractivity contribution in [2.24, 2.45) is 5.10 Å². The largest absolute Gasteiger partial charge is 0.507 e. The summed E-state index contributed by atoms with van der Waals surface area (Å²) in [6.07, 6.45) is 1.36. The molecule has 0 saturated heterocycles. The Kier molecular flexibility index (Phi) is 7.18. The van der Waals surface area contributed by atoms with Crippen LogP contribution in [0.15, 0.2) is 71.8 Å². The van der Waals surface area contributed by atoms with Crippen molar-refractivity contribution in [3.63, 3.8) is 0 Å². The normalized spacial score (nSPS) is 10.6. The van der Waals surface area contributed by atoms with E-state index in [0.717, 1.165) is 0 Å². The monoisotopic (exact) mass is 441 g/mol. The smallest absolute Gasteiger partial charge is 0.275 e. The first-order valence-electron chi connectivity index (χ1n) is 9.02. The summed E-state index contributed by atoms with van der Waals surface area (Å²) < 4.78 is 18.9. The molecule has 3 aromatic rings. The molecule has 0 unspecified atom stereocenters. The van der Waals surface area contributed by atoms with Crippen LogP contribution in [-0.2, 0) is 4.79 Å². The van der Waals surface area contributed by atoms with Crippen LogP contribution >= 0.6 is 11.6 Å². The quantitative estimate of drug-likeness (QED) is 0.381. The van der Waals surface area contributed by atoms with Crippen LogP contribution in [0.2, 0.25) is 5.02 Å². The van der Waals surface area contributed by atoms with Crippen LogP contribution in [0, 0.1) is 5.82 Å². The van der Waals surface area contributed by atoms with Gasteiger partial charge in [-0.3, -0.25) is 9.59 Å². The van der Waals surface area contributed by atoms with E-state index in [2.05, 4.69) is 15.8 Å². The van der Waals surface area contributed by atoms with Crippen molar-refractivity contribution in [2.45, 2.75) is 0 Å². The zero-order valence-electron chi connectivity index (χ0n) is 16.0. The molecule has 0 aliphatic heterocycles. The van der Waals surface area contributed by atoms with Crippen molar-refractivity contribution < 1.29 is 23.8 Å². The first-order chi connectivity index (χ1) is 14.9. The van der Waals surface area contributed by atoms with Gasteiger partial charge in [-0.05, 0) is 48.0 Å². The average molecular weight is 442 g/mol. The topological polar surface area (TPSA) is 100 Å². The number of anilines is 1. The minimum absolute atomic E-state index is 0.0552. The van der Waals surface area contributed by atoms with E-state index in [4.69, 9.17) is 16.3 Å². The molecule has 0 heterocycles. The van der Waals surface area contributed by atoms with Crippen molar-refractivity contribution in [2.75, 3.05) is 11.9 Å². The first kappa shape index (κ1) is 21.8. The van der Waals surface area contributed by atoms with Gasteiger partial charge < -0.3 is 15.2 Å². The van der Waals surface area contributed by atoms with Gasteiger partial charge in [0.25, 0.3) is 11.8 Å². The summed E-state index contributed by atoms with van der Waals surface area (Å²) in [5.41, 5.74) is 3.01. The molecule has 9 heteroatoms. The molecule has 0 atom stereocenters. The van der Waals surface area contributed by atoms with Crippen molar-refractivity contribution in [1.29, 1.82) is 0 Å². The summed E-state index contributed by atoms with van der Waals surface area (Å²) in [6.45, 7) is -0.363. The number of nitrogens with zero attached hydrogens (tertiary/aromatic N) is 1. The molecule has 7 nitrogen and oxygen atoms in total. The minimum Gasteiger partial charge on any atom is -0.507 e. The van der Waals surface area contributed by atoms with E-state index in [1.54, 1.807) is 24.3 Å². The van der Waals surface area contributed by atoms with E-state index in [9.17, 15) is 19.1 Å². The molecule has 31 heavy (non-hydrogen) atoms. The lowest BCUT2D eigenvalue weighted by atomic mass is 10.2. The fraction of sp³-hybridized carbons (Fsp3) is 0.0455. The molecule has 0 aromatic heterocycles. The van der Waals surface area contributed by atoms with Crippen molar-refractivity contribution in [1.82, 2.24) is 5.43 Å². The summed E-state index contributed by atoms with van der Waals surface area (Å²) in [7, 11) is 0. The van der Waals surface area contributed by atoms with E-state index >= 15 is 0 Å². The van der Waals surface area contributed by atoms with E-state index < -0.39 is 17.6 Å². The third-order valence-electron chi connectivity index (χ3n) is 3.99. The molecule has 0 aliphatic rings. The van der Waals surface area contributed by atoms with Crippen LogP contribution in [-0.4, -0.2) is 29.7 Å². The third-order valence-corrected chi connectivity index (χ3v) is 4.29. The molecular formula is C22H17ClFN3O4. The van der Waals surface area contributed by atoms with Gasteiger partial charge >= 0.3 is 0 Å². The highest BCUT2D eigenvalue weighted by Crippen LogP contribution is 2.25. The predicted molar refractivity (Wildman–Crippen MR) is 115 cm³/mol. The lowest BCUT2D eigenvalue weighted by Gasteiger charge is -2.09. The van der Waals surface area contributed by atoms with Crippen LogP contribution in [0.3, 0.4) is 0 Å². The zero-order chi connectivity index (χ0) is 22.2. The third kappa shape index (κ3) is 6.03. The molecule has 0 fully saturated rings. The number of nitrogens with one attached hydrogen (secondary N) is 2. The van der Waals surface area contributed by atoms with Crippen molar-refractivity contribution >= 4 is 35.3 Å². The lowest BCUT2D eigenvalue weighted by molar-refractivity contribution is -0.118. The van der Waals surface area contributed by atoms with Crippen LogP contribution in [0.4, 0.5) is 10.1 Å². The van der Waals surface area contributed by atoms with E-state index in [1.165, 1.54) is 48.7 Å². The summed E-state index contributed by atoms with van der Waals surface area (Å²) >= 11 is 6.16. The number of carbonyl (C=O) groups excluding carboxylic acids is 2. The van der Waals surface area contributed by atoms with Crippen LogP contribution in [0.5, 0.6) is 11.5 Å². The molecule has 158 valence electrons. The second-order valence-corrected chi connectivity index (χ2v) is 6.63. The molecule has 2 amide bonds. The molecule has 0 spiro atoms. The SMILES string of the molecule is O=C(COc1ccc(/C=N/NC(=O)c2ccccc2O)cc1Cl)Nc1ccccc1F. The number of ether oxygens (including phenoxy) is 1. The minimum atomic E-state index is -0.568. The Morgan fingerprint density at radius 3 is 2.58 bits per heavy atom. The Labute approximate surface area is 182 Å². The summed E-state index contributed by atoms with van der Waals surface area (Å²) in [4.78, 5) is 23.9. The number of benzene rings is 3. The highest BCUT2D eigenvalue weighted by molar-refractivity contribution is 6.32. The average Bonchev–Trinajstić information content (AvgIpc) is 2.75. The second kappa shape index (κ2) is 10.2. The maximum Gasteiger partial charge on any atom is 0.275 e. The van der Waals surface area contributed by atoms with Gasteiger partial charge in [0, 0.05) is 0 Å². The van der Waals surface area contributed by atoms with E-state index in [1.807, 2.05) is 0 Å². The van der Waals surface area contributed by atoms with Crippen LogP contribution < -0.4 is 15.5 Å². The Morgan fingerprint density at radius 2 is 1.84 bits per heavy atom. The van der Waals surface area contributed by atoms with Gasteiger partial charge in [0.1, 0.15) is 17.3 Å². The Bertz CT molecular complexity index is 1140. The summed E-state index contributed by atoms with van der Waals surface area (Å²) in [5, 5.41) is 16.1. The fourth-order valence-corrected chi connectivity index (χ4v) is 2.74. The Morgan fingerprint density at radius 1 is 1.10 bits per heavy atom. The van der Waals surface area contributed by atoms with Gasteiger partial charge in [0.05, 0.1) is 22.5 Å². The van der Waals surface area contributed by atoms with Gasteiger partial charge in [0.15, 0.2) is 6.61 Å². The molecular weight excluding hydrogens is 425 g/mol. The molecule has 0 bridgehead atoms. The number of hydrazone groups is 1. The summed E-state index contributed by atoms with van der Waals surface area (Å²) in [6, 6.07) is 16.5. The molecule has 3 rings (SSSR count). The van der Waals surface area contributed by atoms with E-state index in [-0.39, 0.29) is 34.4 Å². The maximum absolute atomic E-state index is 13.6. The number of amides is 2. The molecule has 3 N–H and O–H groups in total. The highest BCUT2D eigenvalue weighted by atomic mass is 35.5. The Hall–Kier alpha value is -3.91. The maximum atomic E-state index is 13.6. The number of aromatic hydroxyl groups is 1. The molecule has 3 aromatic carbocycles. The first-order valence-corrected chi connectivity index (χ1v) is 9.40.